The molecule has 0 N–H and O–H groups in total. The second-order valence-corrected chi connectivity index (χ2v) is 5.19. The Kier molecular flexibility index (Phi) is 5.19. The van der Waals surface area contributed by atoms with Crippen LogP contribution >= 0.6 is 27.7 Å². The molecule has 4 heteroatoms. The monoisotopic (exact) mass is 288 g/mol. The number of carbonyl (C=O) groups is 1. The first kappa shape index (κ1) is 12.6. The molecule has 1 aromatic rings. The predicted octanol–water partition coefficient (Wildman–Crippen LogP) is 3.49. The van der Waals surface area contributed by atoms with Crippen LogP contribution in [0.1, 0.15) is 13.8 Å². The zero-order valence-electron chi connectivity index (χ0n) is 8.70. The van der Waals surface area contributed by atoms with Gasteiger partial charge in [-0.2, -0.15) is 0 Å². The maximum atomic E-state index is 10.7. The molecule has 15 heavy (non-hydrogen) atoms. The first-order chi connectivity index (χ1) is 7.08. The minimum atomic E-state index is -0.223. The Morgan fingerprint density at radius 3 is 2.60 bits per heavy atom. The third kappa shape index (κ3) is 5.23. The van der Waals surface area contributed by atoms with Crippen molar-refractivity contribution in [1.29, 1.82) is 0 Å². The number of rotatable bonds is 4. The summed E-state index contributed by atoms with van der Waals surface area (Å²) in [5.41, 5.74) is 0. The number of ether oxygens (including phenoxy) is 1. The number of carbonyl (C=O) groups excluding carboxylic acids is 1. The number of halogens is 1. The van der Waals surface area contributed by atoms with Crippen LogP contribution in [0, 0.1) is 0 Å². The molecule has 0 bridgehead atoms. The van der Waals surface area contributed by atoms with Gasteiger partial charge >= 0.3 is 5.97 Å². The van der Waals surface area contributed by atoms with Gasteiger partial charge in [-0.1, -0.05) is 15.9 Å². The van der Waals surface area contributed by atoms with Crippen LogP contribution in [-0.4, -0.2) is 17.8 Å². The lowest BCUT2D eigenvalue weighted by Gasteiger charge is -2.10. The summed E-state index contributed by atoms with van der Waals surface area (Å²) in [4.78, 5) is 11.9. The summed E-state index contributed by atoms with van der Waals surface area (Å²) in [5, 5.41) is 0. The second-order valence-electron chi connectivity index (χ2n) is 3.18. The molecule has 1 unspecified atom stereocenters. The van der Waals surface area contributed by atoms with Crippen molar-refractivity contribution in [2.24, 2.45) is 0 Å². The molecule has 1 aromatic carbocycles. The first-order valence-corrected chi connectivity index (χ1v) is 6.41. The molecule has 0 amide bonds. The van der Waals surface area contributed by atoms with Gasteiger partial charge in [0.15, 0.2) is 0 Å². The summed E-state index contributed by atoms with van der Waals surface area (Å²) in [7, 11) is 0. The quantitative estimate of drug-likeness (QED) is 0.627. The highest BCUT2D eigenvalue weighted by Gasteiger charge is 2.05. The van der Waals surface area contributed by atoms with Crippen LogP contribution in [0.5, 0.6) is 0 Å². The van der Waals surface area contributed by atoms with Gasteiger partial charge < -0.3 is 4.74 Å². The Morgan fingerprint density at radius 1 is 1.47 bits per heavy atom. The minimum absolute atomic E-state index is 0.0452. The Morgan fingerprint density at radius 2 is 2.07 bits per heavy atom. The molecular weight excluding hydrogens is 276 g/mol. The molecular formula is C11H13BrO2S. The van der Waals surface area contributed by atoms with Gasteiger partial charge in [0.1, 0.15) is 6.10 Å². The van der Waals surface area contributed by atoms with Crippen LogP contribution < -0.4 is 0 Å². The van der Waals surface area contributed by atoms with Crippen LogP contribution in [0.25, 0.3) is 0 Å². The molecule has 0 aliphatic carbocycles. The van der Waals surface area contributed by atoms with Crippen LogP contribution in [0.4, 0.5) is 0 Å². The van der Waals surface area contributed by atoms with E-state index < -0.39 is 0 Å². The van der Waals surface area contributed by atoms with Crippen molar-refractivity contribution in [3.8, 4) is 0 Å². The number of hydrogen-bond acceptors (Lipinski definition) is 3. The van der Waals surface area contributed by atoms with Crippen LogP contribution in [0.2, 0.25) is 0 Å². The Hall–Kier alpha value is -0.480. The van der Waals surface area contributed by atoms with E-state index in [0.717, 1.165) is 10.2 Å². The van der Waals surface area contributed by atoms with E-state index in [-0.39, 0.29) is 12.1 Å². The van der Waals surface area contributed by atoms with Gasteiger partial charge in [0, 0.05) is 22.0 Å². The molecule has 0 aliphatic rings. The van der Waals surface area contributed by atoms with Gasteiger partial charge in [-0.3, -0.25) is 4.79 Å². The maximum absolute atomic E-state index is 10.7. The average Bonchev–Trinajstić information content (AvgIpc) is 2.16. The van der Waals surface area contributed by atoms with Crippen molar-refractivity contribution in [3.05, 3.63) is 28.7 Å². The SMILES string of the molecule is CC(=O)OC(C)CSc1ccc(Br)cc1. The summed E-state index contributed by atoms with van der Waals surface area (Å²) in [6.45, 7) is 3.33. The molecule has 0 aliphatic heterocycles. The Balaban J connectivity index is 2.36. The van der Waals surface area contributed by atoms with Crippen molar-refractivity contribution in [3.63, 3.8) is 0 Å². The van der Waals surface area contributed by atoms with Crippen LogP contribution in [0.3, 0.4) is 0 Å². The van der Waals surface area contributed by atoms with Gasteiger partial charge in [-0.15, -0.1) is 11.8 Å². The summed E-state index contributed by atoms with van der Waals surface area (Å²) < 4.78 is 6.10. The van der Waals surface area contributed by atoms with E-state index in [9.17, 15) is 4.79 Å². The summed E-state index contributed by atoms with van der Waals surface area (Å²) in [6, 6.07) is 8.07. The molecule has 0 saturated carbocycles. The summed E-state index contributed by atoms with van der Waals surface area (Å²) >= 11 is 5.06. The minimum Gasteiger partial charge on any atom is -0.462 e. The fourth-order valence-electron chi connectivity index (χ4n) is 1.06. The molecule has 1 atom stereocenters. The third-order valence-corrected chi connectivity index (χ3v) is 3.44. The highest BCUT2D eigenvalue weighted by Crippen LogP contribution is 2.21. The standard InChI is InChI=1S/C11H13BrO2S/c1-8(14-9(2)13)7-15-11-5-3-10(12)4-6-11/h3-6,8H,7H2,1-2H3. The lowest BCUT2D eigenvalue weighted by Crippen LogP contribution is -2.14. The van der Waals surface area contributed by atoms with Gasteiger partial charge in [-0.25, -0.2) is 0 Å². The Labute approximate surface area is 103 Å². The highest BCUT2D eigenvalue weighted by molar-refractivity contribution is 9.10. The molecule has 0 saturated heterocycles. The topological polar surface area (TPSA) is 26.3 Å². The van der Waals surface area contributed by atoms with Crippen molar-refractivity contribution >= 4 is 33.7 Å². The van der Waals surface area contributed by atoms with Gasteiger partial charge in [0.05, 0.1) is 0 Å². The first-order valence-electron chi connectivity index (χ1n) is 4.63. The van der Waals surface area contributed by atoms with E-state index in [2.05, 4.69) is 15.9 Å². The molecule has 0 fully saturated rings. The molecule has 1 rings (SSSR count). The molecule has 2 nitrogen and oxygen atoms in total. The average molecular weight is 289 g/mol. The van der Waals surface area contributed by atoms with E-state index in [1.165, 1.54) is 11.8 Å². The van der Waals surface area contributed by atoms with Gasteiger partial charge in [-0.05, 0) is 31.2 Å². The molecule has 0 radical (unpaired) electrons. The van der Waals surface area contributed by atoms with E-state index in [4.69, 9.17) is 4.74 Å². The van der Waals surface area contributed by atoms with Crippen molar-refractivity contribution in [2.75, 3.05) is 5.75 Å². The molecule has 0 spiro atoms. The molecule has 0 aromatic heterocycles. The molecule has 82 valence electrons. The van der Waals surface area contributed by atoms with E-state index in [1.54, 1.807) is 11.8 Å². The number of benzene rings is 1. The lowest BCUT2D eigenvalue weighted by molar-refractivity contribution is -0.144. The molecule has 0 heterocycles. The number of esters is 1. The zero-order valence-corrected chi connectivity index (χ0v) is 11.1. The van der Waals surface area contributed by atoms with Crippen molar-refractivity contribution < 1.29 is 9.53 Å². The van der Waals surface area contributed by atoms with Gasteiger partial charge in [0.2, 0.25) is 0 Å². The second kappa shape index (κ2) is 6.18. The van der Waals surface area contributed by atoms with Crippen molar-refractivity contribution in [2.45, 2.75) is 24.8 Å². The number of hydrogen-bond donors (Lipinski definition) is 0. The predicted molar refractivity (Wildman–Crippen MR) is 66.1 cm³/mol. The normalized spacial score (nSPS) is 12.2. The highest BCUT2D eigenvalue weighted by atomic mass is 79.9. The van der Waals surface area contributed by atoms with Crippen molar-refractivity contribution in [1.82, 2.24) is 0 Å². The fraction of sp³-hybridized carbons (Fsp3) is 0.364. The zero-order chi connectivity index (χ0) is 11.3. The maximum Gasteiger partial charge on any atom is 0.302 e. The summed E-state index contributed by atoms with van der Waals surface area (Å²) in [5.74, 6) is 0.556. The summed E-state index contributed by atoms with van der Waals surface area (Å²) in [6.07, 6.45) is -0.0452. The fourth-order valence-corrected chi connectivity index (χ4v) is 2.15. The smallest absolute Gasteiger partial charge is 0.302 e. The van der Waals surface area contributed by atoms with Crippen LogP contribution in [0.15, 0.2) is 33.6 Å². The van der Waals surface area contributed by atoms with E-state index >= 15 is 0 Å². The van der Waals surface area contributed by atoms with Crippen LogP contribution in [-0.2, 0) is 9.53 Å². The number of thioether (sulfide) groups is 1. The third-order valence-electron chi connectivity index (χ3n) is 1.67. The lowest BCUT2D eigenvalue weighted by atomic mass is 10.4. The van der Waals surface area contributed by atoms with E-state index in [1.807, 2.05) is 31.2 Å². The largest absolute Gasteiger partial charge is 0.462 e. The van der Waals surface area contributed by atoms with Gasteiger partial charge in [0.25, 0.3) is 0 Å². The van der Waals surface area contributed by atoms with E-state index in [0.29, 0.717) is 0 Å². The Bertz CT molecular complexity index is 324.